The molecule has 0 aliphatic carbocycles. The van der Waals surface area contributed by atoms with Crippen LogP contribution in [0.1, 0.15) is 22.8 Å². The molecule has 0 fully saturated rings. The second-order valence-electron chi connectivity index (χ2n) is 3.54. The van der Waals surface area contributed by atoms with Gasteiger partial charge in [0.05, 0.1) is 0 Å². The van der Waals surface area contributed by atoms with E-state index in [-0.39, 0.29) is 5.91 Å². The Hall–Kier alpha value is -1.16. The van der Waals surface area contributed by atoms with E-state index >= 15 is 0 Å². The molecular formula is C11H10BrNO2. The number of hydrogen-bond acceptors (Lipinski definition) is 2. The summed E-state index contributed by atoms with van der Waals surface area (Å²) in [6.07, 6.45) is 1.64. The first-order valence-corrected chi connectivity index (χ1v) is 5.48. The zero-order valence-corrected chi connectivity index (χ0v) is 9.87. The summed E-state index contributed by atoms with van der Waals surface area (Å²) >= 11 is 3.32. The van der Waals surface area contributed by atoms with Gasteiger partial charge in [0.25, 0.3) is 0 Å². The molecule has 0 bridgehead atoms. The number of rotatable bonds is 1. The van der Waals surface area contributed by atoms with Crippen molar-refractivity contribution in [1.29, 1.82) is 0 Å². The third-order valence-corrected chi connectivity index (χ3v) is 3.29. The molecule has 1 aromatic carbocycles. The van der Waals surface area contributed by atoms with Crippen molar-refractivity contribution in [2.75, 3.05) is 11.4 Å². The second-order valence-corrected chi connectivity index (χ2v) is 4.40. The van der Waals surface area contributed by atoms with Crippen LogP contribution in [-0.2, 0) is 11.2 Å². The van der Waals surface area contributed by atoms with E-state index < -0.39 is 0 Å². The van der Waals surface area contributed by atoms with Crippen LogP contribution in [-0.4, -0.2) is 18.7 Å². The maximum absolute atomic E-state index is 11.3. The fraction of sp³-hybridized carbons (Fsp3) is 0.273. The van der Waals surface area contributed by atoms with Gasteiger partial charge < -0.3 is 4.90 Å². The molecule has 2 rings (SSSR count). The van der Waals surface area contributed by atoms with Crippen molar-refractivity contribution < 1.29 is 9.59 Å². The minimum atomic E-state index is 0.0412. The molecule has 15 heavy (non-hydrogen) atoms. The second kappa shape index (κ2) is 3.77. The van der Waals surface area contributed by atoms with Gasteiger partial charge in [-0.2, -0.15) is 0 Å². The number of halogens is 1. The maximum atomic E-state index is 11.3. The summed E-state index contributed by atoms with van der Waals surface area (Å²) in [5.74, 6) is 0.0412. The number of carbonyl (C=O) groups excluding carboxylic acids is 2. The van der Waals surface area contributed by atoms with E-state index in [0.717, 1.165) is 28.4 Å². The fourth-order valence-electron chi connectivity index (χ4n) is 1.85. The van der Waals surface area contributed by atoms with Gasteiger partial charge in [0, 0.05) is 29.2 Å². The third kappa shape index (κ3) is 1.69. The Labute approximate surface area is 96.2 Å². The van der Waals surface area contributed by atoms with Crippen molar-refractivity contribution in [3.05, 3.63) is 27.7 Å². The first-order chi connectivity index (χ1) is 7.13. The smallest absolute Gasteiger partial charge is 0.223 e. The van der Waals surface area contributed by atoms with E-state index in [4.69, 9.17) is 0 Å². The lowest BCUT2D eigenvalue weighted by Gasteiger charge is -2.15. The van der Waals surface area contributed by atoms with Crippen molar-refractivity contribution in [2.45, 2.75) is 13.3 Å². The third-order valence-electron chi connectivity index (χ3n) is 2.60. The van der Waals surface area contributed by atoms with Crippen LogP contribution in [0.4, 0.5) is 5.69 Å². The van der Waals surface area contributed by atoms with Crippen molar-refractivity contribution in [3.63, 3.8) is 0 Å². The first kappa shape index (κ1) is 10.4. The zero-order valence-electron chi connectivity index (χ0n) is 8.29. The highest BCUT2D eigenvalue weighted by Gasteiger charge is 2.23. The fourth-order valence-corrected chi connectivity index (χ4v) is 2.27. The Kier molecular flexibility index (Phi) is 2.61. The van der Waals surface area contributed by atoms with Crippen molar-refractivity contribution in [3.8, 4) is 0 Å². The average Bonchev–Trinajstić information content (AvgIpc) is 2.59. The summed E-state index contributed by atoms with van der Waals surface area (Å²) in [7, 11) is 0. The zero-order chi connectivity index (χ0) is 11.0. The van der Waals surface area contributed by atoms with Crippen LogP contribution in [0.15, 0.2) is 16.6 Å². The van der Waals surface area contributed by atoms with Crippen LogP contribution in [0.5, 0.6) is 0 Å². The highest BCUT2D eigenvalue weighted by Crippen LogP contribution is 2.32. The molecule has 3 nitrogen and oxygen atoms in total. The topological polar surface area (TPSA) is 37.4 Å². The van der Waals surface area contributed by atoms with E-state index in [9.17, 15) is 9.59 Å². The molecule has 0 spiro atoms. The van der Waals surface area contributed by atoms with Gasteiger partial charge >= 0.3 is 0 Å². The van der Waals surface area contributed by atoms with Crippen molar-refractivity contribution in [1.82, 2.24) is 0 Å². The number of fused-ring (bicyclic) bond motifs is 1. The first-order valence-electron chi connectivity index (χ1n) is 4.69. The lowest BCUT2D eigenvalue weighted by Crippen LogP contribution is -2.25. The lowest BCUT2D eigenvalue weighted by molar-refractivity contribution is -0.116. The number of nitrogens with zero attached hydrogens (tertiary/aromatic N) is 1. The summed E-state index contributed by atoms with van der Waals surface area (Å²) < 4.78 is 0.740. The number of carbonyl (C=O) groups is 2. The average molecular weight is 268 g/mol. The van der Waals surface area contributed by atoms with Crippen molar-refractivity contribution in [2.24, 2.45) is 0 Å². The molecule has 1 aromatic rings. The van der Waals surface area contributed by atoms with Crippen LogP contribution in [0.3, 0.4) is 0 Å². The van der Waals surface area contributed by atoms with Gasteiger partial charge in [0.2, 0.25) is 5.91 Å². The molecule has 0 atom stereocenters. The molecule has 1 aliphatic heterocycles. The molecule has 0 aromatic heterocycles. The molecule has 0 N–H and O–H groups in total. The number of anilines is 1. The summed E-state index contributed by atoms with van der Waals surface area (Å²) in [6.45, 7) is 2.26. The summed E-state index contributed by atoms with van der Waals surface area (Å²) in [5, 5.41) is 0. The highest BCUT2D eigenvalue weighted by molar-refractivity contribution is 9.10. The molecule has 1 amide bonds. The summed E-state index contributed by atoms with van der Waals surface area (Å²) in [4.78, 5) is 23.8. The monoisotopic (exact) mass is 267 g/mol. The molecular weight excluding hydrogens is 258 g/mol. The highest BCUT2D eigenvalue weighted by atomic mass is 79.9. The molecule has 0 saturated heterocycles. The van der Waals surface area contributed by atoms with Gasteiger partial charge in [0.15, 0.2) is 6.29 Å². The molecule has 1 heterocycles. The number of aldehydes is 1. The number of hydrogen-bond donors (Lipinski definition) is 0. The Bertz CT molecular complexity index is 442. The molecule has 1 aliphatic rings. The molecule has 4 heteroatoms. The Balaban J connectivity index is 2.51. The maximum Gasteiger partial charge on any atom is 0.223 e. The van der Waals surface area contributed by atoms with Crippen LogP contribution >= 0.6 is 15.9 Å². The largest absolute Gasteiger partial charge is 0.312 e. The van der Waals surface area contributed by atoms with Gasteiger partial charge in [-0.05, 0) is 40.0 Å². The minimum Gasteiger partial charge on any atom is -0.312 e. The minimum absolute atomic E-state index is 0.0412. The van der Waals surface area contributed by atoms with Crippen molar-refractivity contribution >= 4 is 33.8 Å². The predicted octanol–water partition coefficient (Wildman–Crippen LogP) is 2.17. The van der Waals surface area contributed by atoms with Crippen LogP contribution in [0.2, 0.25) is 0 Å². The van der Waals surface area contributed by atoms with Crippen LogP contribution in [0.25, 0.3) is 0 Å². The van der Waals surface area contributed by atoms with Gasteiger partial charge in [-0.3, -0.25) is 9.59 Å². The summed E-state index contributed by atoms with van der Waals surface area (Å²) in [6, 6.07) is 3.68. The Morgan fingerprint density at radius 2 is 2.27 bits per heavy atom. The van der Waals surface area contributed by atoms with E-state index in [2.05, 4.69) is 15.9 Å². The van der Waals surface area contributed by atoms with E-state index in [1.54, 1.807) is 11.8 Å². The molecule has 78 valence electrons. The van der Waals surface area contributed by atoms with Crippen LogP contribution in [0, 0.1) is 0 Å². The van der Waals surface area contributed by atoms with E-state index in [0.29, 0.717) is 12.1 Å². The van der Waals surface area contributed by atoms with Gasteiger partial charge in [-0.1, -0.05) is 0 Å². The normalized spacial score (nSPS) is 13.9. The molecule has 0 unspecified atom stereocenters. The van der Waals surface area contributed by atoms with Gasteiger partial charge in [-0.15, -0.1) is 0 Å². The predicted molar refractivity (Wildman–Crippen MR) is 61.3 cm³/mol. The summed E-state index contributed by atoms with van der Waals surface area (Å²) in [5.41, 5.74) is 2.62. The molecule has 0 radical (unpaired) electrons. The Morgan fingerprint density at radius 1 is 1.53 bits per heavy atom. The van der Waals surface area contributed by atoms with Crippen LogP contribution < -0.4 is 4.90 Å². The molecule has 0 saturated carbocycles. The standard InChI is InChI=1S/C11H10BrNO2/c1-7(15)13-3-2-8-4-9(6-14)10(12)5-11(8)13/h4-6H,2-3H2,1H3. The van der Waals surface area contributed by atoms with E-state index in [1.165, 1.54) is 0 Å². The van der Waals surface area contributed by atoms with Gasteiger partial charge in [-0.25, -0.2) is 0 Å². The number of amides is 1. The number of benzene rings is 1. The Morgan fingerprint density at radius 3 is 2.87 bits per heavy atom. The lowest BCUT2D eigenvalue weighted by atomic mass is 10.1. The van der Waals surface area contributed by atoms with Gasteiger partial charge in [0.1, 0.15) is 0 Å². The SMILES string of the molecule is CC(=O)N1CCc2cc(C=O)c(Br)cc21. The quantitative estimate of drug-likeness (QED) is 0.732. The van der Waals surface area contributed by atoms with E-state index in [1.807, 2.05) is 12.1 Å².